The molecule has 0 bridgehead atoms. The molecule has 2 rings (SSSR count). The summed E-state index contributed by atoms with van der Waals surface area (Å²) in [6.07, 6.45) is 1.79. The summed E-state index contributed by atoms with van der Waals surface area (Å²) in [4.78, 5) is 14.4. The Bertz CT molecular complexity index is 496. The van der Waals surface area contributed by atoms with E-state index in [2.05, 4.69) is 43.9 Å². The molecule has 0 fully saturated rings. The van der Waals surface area contributed by atoms with Crippen LogP contribution in [0.4, 0.5) is 5.69 Å². The first-order chi connectivity index (χ1) is 9.42. The van der Waals surface area contributed by atoms with Gasteiger partial charge < -0.3 is 9.64 Å². The van der Waals surface area contributed by atoms with Gasteiger partial charge in [0.15, 0.2) is 0 Å². The van der Waals surface area contributed by atoms with Crippen LogP contribution in [0.15, 0.2) is 24.3 Å². The third-order valence-electron chi connectivity index (χ3n) is 4.36. The first-order valence-electron chi connectivity index (χ1n) is 7.38. The van der Waals surface area contributed by atoms with E-state index in [1.165, 1.54) is 18.4 Å². The highest BCUT2D eigenvalue weighted by Crippen LogP contribution is 2.44. The van der Waals surface area contributed by atoms with Crippen LogP contribution in [0.5, 0.6) is 0 Å². The van der Waals surface area contributed by atoms with Crippen LogP contribution in [-0.4, -0.2) is 24.7 Å². The molecular weight excluding hydrogens is 250 g/mol. The molecule has 0 saturated heterocycles. The lowest BCUT2D eigenvalue weighted by Gasteiger charge is -2.50. The number of carbonyl (C=O) groups is 1. The normalized spacial score (nSPS) is 22.1. The van der Waals surface area contributed by atoms with Gasteiger partial charge in [0.05, 0.1) is 7.11 Å². The maximum absolute atomic E-state index is 12.2. The molecule has 0 aliphatic carbocycles. The zero-order valence-corrected chi connectivity index (χ0v) is 13.1. The van der Waals surface area contributed by atoms with Crippen molar-refractivity contribution >= 4 is 11.7 Å². The number of carbonyl (C=O) groups excluding carboxylic acids is 1. The van der Waals surface area contributed by atoms with Gasteiger partial charge >= 0.3 is 5.97 Å². The zero-order chi connectivity index (χ0) is 14.9. The number of hydrogen-bond acceptors (Lipinski definition) is 3. The van der Waals surface area contributed by atoms with E-state index in [0.717, 1.165) is 12.8 Å². The summed E-state index contributed by atoms with van der Waals surface area (Å²) < 4.78 is 5.01. The first kappa shape index (κ1) is 14.9. The van der Waals surface area contributed by atoms with Crippen LogP contribution >= 0.6 is 0 Å². The highest BCUT2D eigenvalue weighted by atomic mass is 16.5. The number of benzene rings is 1. The van der Waals surface area contributed by atoms with Crippen molar-refractivity contribution in [2.24, 2.45) is 0 Å². The molecule has 1 aliphatic rings. The van der Waals surface area contributed by atoms with Gasteiger partial charge in [-0.05, 0) is 44.2 Å². The van der Waals surface area contributed by atoms with E-state index in [1.807, 2.05) is 13.0 Å². The Hall–Kier alpha value is -1.51. The fourth-order valence-electron chi connectivity index (χ4n) is 3.59. The number of anilines is 1. The Morgan fingerprint density at radius 2 is 2.10 bits per heavy atom. The summed E-state index contributed by atoms with van der Waals surface area (Å²) in [5, 5.41) is 0. The van der Waals surface area contributed by atoms with Crippen LogP contribution in [-0.2, 0) is 9.53 Å². The number of methoxy groups -OCH3 is 1. The summed E-state index contributed by atoms with van der Waals surface area (Å²) in [5.41, 5.74) is 2.45. The molecule has 1 heterocycles. The number of para-hydroxylation sites is 1. The van der Waals surface area contributed by atoms with Crippen molar-refractivity contribution in [3.05, 3.63) is 29.8 Å². The molecule has 2 atom stereocenters. The maximum atomic E-state index is 12.2. The maximum Gasteiger partial charge on any atom is 0.328 e. The predicted molar refractivity (Wildman–Crippen MR) is 82.1 cm³/mol. The lowest BCUT2D eigenvalue weighted by molar-refractivity contribution is -0.142. The second-order valence-corrected chi connectivity index (χ2v) is 6.29. The molecular formula is C17H25NO2. The van der Waals surface area contributed by atoms with Crippen molar-refractivity contribution < 1.29 is 9.53 Å². The lowest BCUT2D eigenvalue weighted by atomic mass is 9.79. The van der Waals surface area contributed by atoms with E-state index in [4.69, 9.17) is 4.74 Å². The van der Waals surface area contributed by atoms with Gasteiger partial charge in [0.25, 0.3) is 0 Å². The largest absolute Gasteiger partial charge is 0.467 e. The highest BCUT2D eigenvalue weighted by Gasteiger charge is 2.41. The van der Waals surface area contributed by atoms with Gasteiger partial charge in [0, 0.05) is 11.2 Å². The molecule has 0 N–H and O–H groups in total. The topological polar surface area (TPSA) is 29.5 Å². The third-order valence-corrected chi connectivity index (χ3v) is 4.36. The van der Waals surface area contributed by atoms with Crippen LogP contribution in [0.2, 0.25) is 0 Å². The molecule has 0 spiro atoms. The van der Waals surface area contributed by atoms with Crippen molar-refractivity contribution in [3.63, 3.8) is 0 Å². The predicted octanol–water partition coefficient (Wildman–Crippen LogP) is 3.73. The van der Waals surface area contributed by atoms with Crippen LogP contribution in [0.25, 0.3) is 0 Å². The van der Waals surface area contributed by atoms with Crippen LogP contribution in [0.3, 0.4) is 0 Å². The first-order valence-corrected chi connectivity index (χ1v) is 7.38. The standard InChI is InChI=1S/C17H25NO2/c1-6-14(16(19)20-5)18-15-10-8-7-9-13(15)12(2)11-17(18,3)4/h7-10,12,14H,6,11H2,1-5H3/t12-,14+/m0/s1. The molecule has 1 aromatic carbocycles. The minimum atomic E-state index is -0.219. The van der Waals surface area contributed by atoms with Gasteiger partial charge in [-0.25, -0.2) is 4.79 Å². The molecule has 0 aromatic heterocycles. The summed E-state index contributed by atoms with van der Waals surface area (Å²) in [5.74, 6) is 0.359. The lowest BCUT2D eigenvalue weighted by Crippen LogP contribution is -2.56. The fourth-order valence-corrected chi connectivity index (χ4v) is 3.59. The Morgan fingerprint density at radius 3 is 2.70 bits per heavy atom. The summed E-state index contributed by atoms with van der Waals surface area (Å²) in [7, 11) is 1.47. The van der Waals surface area contributed by atoms with E-state index in [-0.39, 0.29) is 17.6 Å². The average molecular weight is 275 g/mol. The van der Waals surface area contributed by atoms with Gasteiger partial charge in [0.1, 0.15) is 6.04 Å². The molecule has 0 saturated carbocycles. The molecule has 20 heavy (non-hydrogen) atoms. The minimum Gasteiger partial charge on any atom is -0.467 e. The Balaban J connectivity index is 2.53. The van der Waals surface area contributed by atoms with Crippen LogP contribution in [0, 0.1) is 0 Å². The Kier molecular flexibility index (Phi) is 4.07. The van der Waals surface area contributed by atoms with E-state index in [1.54, 1.807) is 0 Å². The molecule has 0 unspecified atom stereocenters. The van der Waals surface area contributed by atoms with Gasteiger partial charge in [-0.2, -0.15) is 0 Å². The summed E-state index contributed by atoms with van der Waals surface area (Å²) >= 11 is 0. The SMILES string of the molecule is CC[C@H](C(=O)OC)N1c2ccccc2[C@@H](C)CC1(C)C. The van der Waals surface area contributed by atoms with Gasteiger partial charge in [-0.15, -0.1) is 0 Å². The third kappa shape index (κ3) is 2.41. The fraction of sp³-hybridized carbons (Fsp3) is 0.588. The number of nitrogens with zero attached hydrogens (tertiary/aromatic N) is 1. The highest BCUT2D eigenvalue weighted by molar-refractivity contribution is 5.81. The van der Waals surface area contributed by atoms with Crippen LogP contribution < -0.4 is 4.90 Å². The molecule has 3 nitrogen and oxygen atoms in total. The van der Waals surface area contributed by atoms with Gasteiger partial charge in [0.2, 0.25) is 0 Å². The van der Waals surface area contributed by atoms with Crippen LogP contribution in [0.1, 0.15) is 52.0 Å². The monoisotopic (exact) mass is 275 g/mol. The van der Waals surface area contributed by atoms with Crippen molar-refractivity contribution in [3.8, 4) is 0 Å². The van der Waals surface area contributed by atoms with E-state index in [9.17, 15) is 4.79 Å². The molecule has 1 aromatic rings. The minimum absolute atomic E-state index is 0.0529. The molecule has 1 aliphatic heterocycles. The number of ether oxygens (including phenoxy) is 1. The quantitative estimate of drug-likeness (QED) is 0.787. The number of hydrogen-bond donors (Lipinski definition) is 0. The molecule has 3 heteroatoms. The number of fused-ring (bicyclic) bond motifs is 1. The summed E-state index contributed by atoms with van der Waals surface area (Å²) in [6.45, 7) is 8.73. The smallest absolute Gasteiger partial charge is 0.328 e. The van der Waals surface area contributed by atoms with Gasteiger partial charge in [-0.1, -0.05) is 32.0 Å². The van der Waals surface area contributed by atoms with E-state index >= 15 is 0 Å². The summed E-state index contributed by atoms with van der Waals surface area (Å²) in [6, 6.07) is 8.20. The number of esters is 1. The number of rotatable bonds is 3. The zero-order valence-electron chi connectivity index (χ0n) is 13.1. The Labute approximate surface area is 121 Å². The Morgan fingerprint density at radius 1 is 1.45 bits per heavy atom. The molecule has 0 amide bonds. The molecule has 0 radical (unpaired) electrons. The van der Waals surface area contributed by atoms with Crippen molar-refractivity contribution in [2.45, 2.75) is 58.0 Å². The second kappa shape index (κ2) is 5.47. The van der Waals surface area contributed by atoms with Crippen molar-refractivity contribution in [1.29, 1.82) is 0 Å². The second-order valence-electron chi connectivity index (χ2n) is 6.29. The van der Waals surface area contributed by atoms with E-state index in [0.29, 0.717) is 5.92 Å². The van der Waals surface area contributed by atoms with Crippen molar-refractivity contribution in [1.82, 2.24) is 0 Å². The van der Waals surface area contributed by atoms with E-state index < -0.39 is 0 Å². The molecule has 110 valence electrons. The van der Waals surface area contributed by atoms with Crippen molar-refractivity contribution in [2.75, 3.05) is 12.0 Å². The van der Waals surface area contributed by atoms with Gasteiger partial charge in [-0.3, -0.25) is 0 Å². The average Bonchev–Trinajstić information content (AvgIpc) is 2.42.